The summed E-state index contributed by atoms with van der Waals surface area (Å²) in [5.74, 6) is 0. The normalized spacial score (nSPS) is 16.1. The van der Waals surface area contributed by atoms with E-state index in [1.165, 1.54) is 19.0 Å². The first kappa shape index (κ1) is 14.3. The number of hydrogen-bond donors (Lipinski definition) is 3. The Morgan fingerprint density at radius 3 is 2.80 bits per heavy atom. The molecule has 5 heteroatoms. The third kappa shape index (κ3) is 4.20. The molecule has 0 bridgehead atoms. The van der Waals surface area contributed by atoms with E-state index in [0.717, 1.165) is 11.3 Å². The van der Waals surface area contributed by atoms with Crippen LogP contribution in [0.25, 0.3) is 12.2 Å². The van der Waals surface area contributed by atoms with Gasteiger partial charge in [-0.2, -0.15) is 0 Å². The highest BCUT2D eigenvalue weighted by Gasteiger charge is 2.23. The lowest BCUT2D eigenvalue weighted by Crippen LogP contribution is -2.21. The summed E-state index contributed by atoms with van der Waals surface area (Å²) in [5.41, 5.74) is 2.61. The first-order chi connectivity index (χ1) is 9.58. The Morgan fingerprint density at radius 2 is 2.20 bits per heavy atom. The first-order valence-corrected chi connectivity index (χ1v) is 6.65. The molecule has 2 rings (SSSR count). The summed E-state index contributed by atoms with van der Waals surface area (Å²) in [7, 11) is 0. The van der Waals surface area contributed by atoms with Crippen LogP contribution in [0.5, 0.6) is 0 Å². The molecule has 0 radical (unpaired) electrons. The second-order valence-corrected chi connectivity index (χ2v) is 4.90. The molecule has 106 valence electrons. The number of carbonyl (C=O) groups is 1. The van der Waals surface area contributed by atoms with Gasteiger partial charge in [-0.05, 0) is 49.6 Å². The Balaban J connectivity index is 2.16. The summed E-state index contributed by atoms with van der Waals surface area (Å²) in [6, 6.07) is 4.81. The van der Waals surface area contributed by atoms with Crippen LogP contribution in [0.4, 0.5) is 4.79 Å². The van der Waals surface area contributed by atoms with Crippen LogP contribution >= 0.6 is 0 Å². The first-order valence-electron chi connectivity index (χ1n) is 6.65. The van der Waals surface area contributed by atoms with E-state index in [-0.39, 0.29) is 6.04 Å². The van der Waals surface area contributed by atoms with Gasteiger partial charge in [-0.3, -0.25) is 5.32 Å². The Hall–Kier alpha value is -2.14. The van der Waals surface area contributed by atoms with E-state index in [1.807, 2.05) is 12.1 Å². The predicted octanol–water partition coefficient (Wildman–Crippen LogP) is 2.78. The van der Waals surface area contributed by atoms with Crippen molar-refractivity contribution >= 4 is 18.2 Å². The third-order valence-corrected chi connectivity index (χ3v) is 3.12. The molecule has 1 amide bonds. The van der Waals surface area contributed by atoms with Gasteiger partial charge < -0.3 is 10.4 Å². The fraction of sp³-hybridized carbons (Fsp3) is 0.333. The van der Waals surface area contributed by atoms with Crippen LogP contribution < -0.4 is 10.6 Å². The van der Waals surface area contributed by atoms with E-state index >= 15 is 0 Å². The molecule has 0 saturated heterocycles. The van der Waals surface area contributed by atoms with Gasteiger partial charge in [0.2, 0.25) is 0 Å². The van der Waals surface area contributed by atoms with Gasteiger partial charge in [0.15, 0.2) is 0 Å². The lowest BCUT2D eigenvalue weighted by molar-refractivity contribution is 0.198. The second-order valence-electron chi connectivity index (χ2n) is 4.90. The van der Waals surface area contributed by atoms with Crippen molar-refractivity contribution < 1.29 is 9.90 Å². The van der Waals surface area contributed by atoms with Crippen LogP contribution in [0.2, 0.25) is 0 Å². The monoisotopic (exact) mass is 273 g/mol. The smallest absolute Gasteiger partial charge is 0.408 e. The molecular formula is C15H19N3O2. The summed E-state index contributed by atoms with van der Waals surface area (Å²) in [4.78, 5) is 14.8. The summed E-state index contributed by atoms with van der Waals surface area (Å²) in [5, 5.41) is 14.2. The predicted molar refractivity (Wildman–Crippen MR) is 79.1 cm³/mol. The molecule has 0 aromatic carbocycles. The third-order valence-electron chi connectivity index (χ3n) is 3.12. The molecule has 1 aliphatic rings. The van der Waals surface area contributed by atoms with Gasteiger partial charge in [-0.25, -0.2) is 9.78 Å². The number of nitrogens with one attached hydrogen (secondary N) is 2. The average Bonchev–Trinajstić information content (AvgIpc) is 3.21. The second kappa shape index (κ2) is 6.34. The Kier molecular flexibility index (Phi) is 4.53. The van der Waals surface area contributed by atoms with Crippen molar-refractivity contribution in [2.24, 2.45) is 0 Å². The van der Waals surface area contributed by atoms with Crippen molar-refractivity contribution in [3.8, 4) is 0 Å². The molecule has 1 aromatic rings. The number of amides is 1. The number of hydrogen-bond acceptors (Lipinski definition) is 3. The minimum atomic E-state index is -1.09. The largest absolute Gasteiger partial charge is 0.465 e. The molecule has 1 heterocycles. The van der Waals surface area contributed by atoms with Gasteiger partial charge in [0, 0.05) is 18.3 Å². The van der Waals surface area contributed by atoms with Crippen molar-refractivity contribution in [1.82, 2.24) is 15.6 Å². The highest BCUT2D eigenvalue weighted by molar-refractivity contribution is 5.67. The summed E-state index contributed by atoms with van der Waals surface area (Å²) in [6.45, 7) is 5.85. The molecule has 1 atom stereocenters. The maximum atomic E-state index is 10.4. The van der Waals surface area contributed by atoms with Crippen molar-refractivity contribution in [3.63, 3.8) is 0 Å². The van der Waals surface area contributed by atoms with E-state index in [0.29, 0.717) is 11.7 Å². The van der Waals surface area contributed by atoms with Crippen LogP contribution in [-0.4, -0.2) is 22.2 Å². The summed E-state index contributed by atoms with van der Waals surface area (Å²) < 4.78 is 0. The van der Waals surface area contributed by atoms with Crippen LogP contribution in [0.15, 0.2) is 24.9 Å². The van der Waals surface area contributed by atoms with E-state index in [4.69, 9.17) is 5.11 Å². The van der Waals surface area contributed by atoms with Crippen molar-refractivity contribution in [3.05, 3.63) is 41.9 Å². The highest BCUT2D eigenvalue weighted by atomic mass is 16.4. The Labute approximate surface area is 118 Å². The van der Waals surface area contributed by atoms with Gasteiger partial charge in [-0.15, -0.1) is 0 Å². The summed E-state index contributed by atoms with van der Waals surface area (Å²) in [6.07, 6.45) is 6.06. The Morgan fingerprint density at radius 1 is 1.50 bits per heavy atom. The van der Waals surface area contributed by atoms with Crippen molar-refractivity contribution in [2.45, 2.75) is 31.8 Å². The van der Waals surface area contributed by atoms with Crippen molar-refractivity contribution in [2.75, 3.05) is 0 Å². The standard InChI is InChI=1S/C15H19N3O2/c1-3-12-8-11(10(2)17-13-4-5-13)9-14(18-12)6-7-16-15(19)20/h3,6-10,13,16-17H,1,4-5H2,2H3,(H,19,20)/b7-6+. The van der Waals surface area contributed by atoms with E-state index < -0.39 is 6.09 Å². The molecule has 0 aliphatic heterocycles. The fourth-order valence-corrected chi connectivity index (χ4v) is 1.93. The van der Waals surface area contributed by atoms with Crippen molar-refractivity contribution in [1.29, 1.82) is 0 Å². The van der Waals surface area contributed by atoms with E-state index in [1.54, 1.807) is 12.2 Å². The SMILES string of the molecule is C=Cc1cc(C(C)NC2CC2)cc(/C=C/NC(=O)O)n1. The zero-order valence-corrected chi connectivity index (χ0v) is 11.5. The molecule has 1 unspecified atom stereocenters. The molecule has 3 N–H and O–H groups in total. The number of aromatic nitrogens is 1. The lowest BCUT2D eigenvalue weighted by atomic mass is 10.1. The van der Waals surface area contributed by atoms with E-state index in [2.05, 4.69) is 29.1 Å². The summed E-state index contributed by atoms with van der Waals surface area (Å²) >= 11 is 0. The van der Waals surface area contributed by atoms with Gasteiger partial charge in [0.05, 0.1) is 11.4 Å². The number of pyridine rings is 1. The zero-order chi connectivity index (χ0) is 14.5. The minimum Gasteiger partial charge on any atom is -0.465 e. The molecule has 0 spiro atoms. The quantitative estimate of drug-likeness (QED) is 0.745. The van der Waals surface area contributed by atoms with Crippen LogP contribution in [0, 0.1) is 0 Å². The zero-order valence-electron chi connectivity index (χ0n) is 11.5. The topological polar surface area (TPSA) is 74.2 Å². The lowest BCUT2D eigenvalue weighted by Gasteiger charge is -2.14. The van der Waals surface area contributed by atoms with Gasteiger partial charge in [0.25, 0.3) is 0 Å². The van der Waals surface area contributed by atoms with Gasteiger partial charge >= 0.3 is 6.09 Å². The fourth-order valence-electron chi connectivity index (χ4n) is 1.93. The molecule has 1 aromatic heterocycles. The molecule has 5 nitrogen and oxygen atoms in total. The van der Waals surface area contributed by atoms with Crippen LogP contribution in [0.1, 0.15) is 42.8 Å². The molecule has 1 fully saturated rings. The Bertz CT molecular complexity index is 536. The highest BCUT2D eigenvalue weighted by Crippen LogP contribution is 2.24. The van der Waals surface area contributed by atoms with Gasteiger partial charge in [0.1, 0.15) is 0 Å². The minimum absolute atomic E-state index is 0.240. The number of rotatable bonds is 6. The van der Waals surface area contributed by atoms with E-state index in [9.17, 15) is 4.79 Å². The molecule has 1 aliphatic carbocycles. The number of nitrogens with zero attached hydrogens (tertiary/aromatic N) is 1. The molecular weight excluding hydrogens is 254 g/mol. The maximum Gasteiger partial charge on any atom is 0.408 e. The maximum absolute atomic E-state index is 10.4. The van der Waals surface area contributed by atoms with Gasteiger partial charge in [-0.1, -0.05) is 6.58 Å². The molecule has 20 heavy (non-hydrogen) atoms. The van der Waals surface area contributed by atoms with Crippen LogP contribution in [0.3, 0.4) is 0 Å². The average molecular weight is 273 g/mol. The number of carboxylic acid groups (broad SMARTS) is 1. The van der Waals surface area contributed by atoms with Crippen LogP contribution in [-0.2, 0) is 0 Å². The molecule has 1 saturated carbocycles.